The molecule has 0 bridgehead atoms. The number of nitrogens with zero attached hydrogens (tertiary/aromatic N) is 1. The first-order chi connectivity index (χ1) is 12.0. The van der Waals surface area contributed by atoms with Crippen LogP contribution in [-0.2, 0) is 0 Å². The fourth-order valence-corrected chi connectivity index (χ4v) is 3.65. The first-order valence-corrected chi connectivity index (χ1v) is 8.63. The van der Waals surface area contributed by atoms with E-state index < -0.39 is 0 Å². The lowest BCUT2D eigenvalue weighted by molar-refractivity contribution is 0.0955. The van der Waals surface area contributed by atoms with Crippen molar-refractivity contribution in [3.63, 3.8) is 0 Å². The molecule has 0 unspecified atom stereocenters. The Hall–Kier alpha value is -2.36. The van der Waals surface area contributed by atoms with Gasteiger partial charge in [-0.3, -0.25) is 9.59 Å². The number of ketones is 1. The average Bonchev–Trinajstić information content (AvgIpc) is 2.60. The van der Waals surface area contributed by atoms with Crippen molar-refractivity contribution in [2.45, 2.75) is 6.42 Å². The third-order valence-corrected chi connectivity index (χ3v) is 4.97. The Morgan fingerprint density at radius 3 is 2.40 bits per heavy atom. The molecule has 0 atom stereocenters. The van der Waals surface area contributed by atoms with Crippen LogP contribution in [0.25, 0.3) is 10.8 Å². The van der Waals surface area contributed by atoms with Crippen molar-refractivity contribution in [3.05, 3.63) is 75.8 Å². The Kier molecular flexibility index (Phi) is 3.98. The molecule has 0 aromatic heterocycles. The summed E-state index contributed by atoms with van der Waals surface area (Å²) in [7, 11) is 0. The normalized spacial score (nSPS) is 13.8. The molecule has 124 valence electrons. The lowest BCUT2D eigenvalue weighted by atomic mass is 9.96. The molecule has 0 radical (unpaired) electrons. The van der Waals surface area contributed by atoms with E-state index in [0.29, 0.717) is 39.8 Å². The van der Waals surface area contributed by atoms with Gasteiger partial charge in [-0.05, 0) is 41.1 Å². The third kappa shape index (κ3) is 2.80. The van der Waals surface area contributed by atoms with Crippen LogP contribution in [0.2, 0.25) is 10.0 Å². The maximum Gasteiger partial charge on any atom is 0.259 e. The van der Waals surface area contributed by atoms with E-state index >= 15 is 0 Å². The summed E-state index contributed by atoms with van der Waals surface area (Å²) in [6.45, 7) is 0.335. The van der Waals surface area contributed by atoms with E-state index in [-0.39, 0.29) is 11.7 Å². The highest BCUT2D eigenvalue weighted by molar-refractivity contribution is 6.37. The molecule has 1 aliphatic rings. The van der Waals surface area contributed by atoms with Gasteiger partial charge in [0, 0.05) is 23.6 Å². The molecule has 0 spiro atoms. The molecule has 1 aliphatic heterocycles. The van der Waals surface area contributed by atoms with Crippen LogP contribution in [0, 0.1) is 0 Å². The van der Waals surface area contributed by atoms with E-state index in [2.05, 4.69) is 0 Å². The lowest BCUT2D eigenvalue weighted by Gasteiger charge is -2.29. The van der Waals surface area contributed by atoms with Crippen LogP contribution in [0.3, 0.4) is 0 Å². The maximum atomic E-state index is 13.0. The summed E-state index contributed by atoms with van der Waals surface area (Å²) >= 11 is 12.1. The van der Waals surface area contributed by atoms with Crippen molar-refractivity contribution in [2.24, 2.45) is 0 Å². The van der Waals surface area contributed by atoms with Crippen molar-refractivity contribution < 1.29 is 9.59 Å². The highest BCUT2D eigenvalue weighted by Gasteiger charge is 2.29. The summed E-state index contributed by atoms with van der Waals surface area (Å²) in [5.41, 5.74) is 1.58. The molecule has 3 aromatic rings. The number of carbonyl (C=O) groups excluding carboxylic acids is 2. The maximum absolute atomic E-state index is 13.0. The van der Waals surface area contributed by atoms with Gasteiger partial charge in [0.2, 0.25) is 0 Å². The van der Waals surface area contributed by atoms with Crippen molar-refractivity contribution in [3.8, 4) is 0 Å². The van der Waals surface area contributed by atoms with Gasteiger partial charge in [0.15, 0.2) is 5.78 Å². The summed E-state index contributed by atoms with van der Waals surface area (Å²) in [4.78, 5) is 27.0. The molecule has 1 amide bonds. The molecule has 1 heterocycles. The summed E-state index contributed by atoms with van der Waals surface area (Å²) in [5, 5.41) is 2.74. The molecule has 3 nitrogen and oxygen atoms in total. The fourth-order valence-electron chi connectivity index (χ4n) is 3.16. The number of amides is 1. The van der Waals surface area contributed by atoms with Crippen LogP contribution < -0.4 is 4.90 Å². The summed E-state index contributed by atoms with van der Waals surface area (Å²) in [6, 6.07) is 16.3. The predicted octanol–water partition coefficient (Wildman–Crippen LogP) is 5.38. The van der Waals surface area contributed by atoms with Gasteiger partial charge in [-0.2, -0.15) is 0 Å². The monoisotopic (exact) mass is 369 g/mol. The number of halogens is 2. The van der Waals surface area contributed by atoms with Crippen molar-refractivity contribution in [2.75, 3.05) is 11.4 Å². The third-order valence-electron chi connectivity index (χ3n) is 4.42. The van der Waals surface area contributed by atoms with Gasteiger partial charge < -0.3 is 4.90 Å². The quantitative estimate of drug-likeness (QED) is 0.577. The van der Waals surface area contributed by atoms with E-state index in [1.165, 1.54) is 0 Å². The van der Waals surface area contributed by atoms with E-state index in [9.17, 15) is 9.59 Å². The van der Waals surface area contributed by atoms with Gasteiger partial charge in [0.1, 0.15) is 0 Å². The van der Waals surface area contributed by atoms with Crippen LogP contribution in [0.1, 0.15) is 27.1 Å². The zero-order valence-electron chi connectivity index (χ0n) is 13.1. The molecule has 5 heteroatoms. The van der Waals surface area contributed by atoms with Gasteiger partial charge in [-0.1, -0.05) is 47.5 Å². The molecular weight excluding hydrogens is 357 g/mol. The van der Waals surface area contributed by atoms with Crippen LogP contribution >= 0.6 is 23.2 Å². The highest BCUT2D eigenvalue weighted by atomic mass is 35.5. The molecule has 0 aliphatic carbocycles. The highest BCUT2D eigenvalue weighted by Crippen LogP contribution is 2.33. The molecule has 0 N–H and O–H groups in total. The topological polar surface area (TPSA) is 37.4 Å². The molecule has 25 heavy (non-hydrogen) atoms. The Morgan fingerprint density at radius 1 is 0.960 bits per heavy atom. The smallest absolute Gasteiger partial charge is 0.259 e. The number of carbonyl (C=O) groups is 2. The molecule has 4 rings (SSSR count). The van der Waals surface area contributed by atoms with Gasteiger partial charge in [0.25, 0.3) is 5.91 Å². The number of hydrogen-bond donors (Lipinski definition) is 0. The minimum Gasteiger partial charge on any atom is -0.307 e. The predicted molar refractivity (Wildman–Crippen MR) is 101 cm³/mol. The minimum atomic E-state index is -0.231. The molecule has 0 saturated heterocycles. The molecule has 3 aromatic carbocycles. The number of Topliss-reactive ketones (excluding diaryl/α,β-unsaturated/α-hetero) is 1. The number of anilines is 1. The second-order valence-electron chi connectivity index (χ2n) is 5.97. The zero-order chi connectivity index (χ0) is 17.6. The Bertz CT molecular complexity index is 1030. The second kappa shape index (κ2) is 6.17. The van der Waals surface area contributed by atoms with E-state index in [1.54, 1.807) is 23.1 Å². The van der Waals surface area contributed by atoms with Crippen LogP contribution in [-0.4, -0.2) is 18.2 Å². The minimum absolute atomic E-state index is 0.0482. The van der Waals surface area contributed by atoms with Crippen LogP contribution in [0.15, 0.2) is 54.6 Å². The van der Waals surface area contributed by atoms with Gasteiger partial charge in [0.05, 0.1) is 16.3 Å². The van der Waals surface area contributed by atoms with Crippen molar-refractivity contribution in [1.82, 2.24) is 0 Å². The van der Waals surface area contributed by atoms with Crippen molar-refractivity contribution >= 4 is 51.4 Å². The zero-order valence-corrected chi connectivity index (χ0v) is 14.6. The Balaban J connectivity index is 1.85. The second-order valence-corrected chi connectivity index (χ2v) is 6.81. The van der Waals surface area contributed by atoms with Gasteiger partial charge >= 0.3 is 0 Å². The molecule has 0 fully saturated rings. The first kappa shape index (κ1) is 16.1. The van der Waals surface area contributed by atoms with Crippen LogP contribution in [0.5, 0.6) is 0 Å². The standard InChI is InChI=1S/C20H13Cl2NO2/c21-14-5-6-15(17(22)11-14)20(25)23-8-7-19(24)16-9-12-3-1-2-4-13(12)10-18(16)23/h1-6,9-11H,7-8H2. The first-order valence-electron chi connectivity index (χ1n) is 7.87. The number of benzene rings is 3. The molecule has 0 saturated carbocycles. The Morgan fingerprint density at radius 2 is 1.68 bits per heavy atom. The van der Waals surface area contributed by atoms with E-state index in [4.69, 9.17) is 23.2 Å². The van der Waals surface area contributed by atoms with Gasteiger partial charge in [-0.25, -0.2) is 0 Å². The lowest BCUT2D eigenvalue weighted by Crippen LogP contribution is -2.37. The summed E-state index contributed by atoms with van der Waals surface area (Å²) < 4.78 is 0. The summed E-state index contributed by atoms with van der Waals surface area (Å²) in [5.74, 6) is -0.183. The number of fused-ring (bicyclic) bond motifs is 2. The van der Waals surface area contributed by atoms with Crippen LogP contribution in [0.4, 0.5) is 5.69 Å². The summed E-state index contributed by atoms with van der Waals surface area (Å²) in [6.07, 6.45) is 0.294. The van der Waals surface area contributed by atoms with E-state index in [0.717, 1.165) is 10.8 Å². The van der Waals surface area contributed by atoms with Crippen molar-refractivity contribution in [1.29, 1.82) is 0 Å². The molecular formula is C20H13Cl2NO2. The largest absolute Gasteiger partial charge is 0.307 e. The van der Waals surface area contributed by atoms with Gasteiger partial charge in [-0.15, -0.1) is 0 Å². The average molecular weight is 370 g/mol. The fraction of sp³-hybridized carbons (Fsp3) is 0.100. The Labute approximate surface area is 154 Å². The van der Waals surface area contributed by atoms with E-state index in [1.807, 2.05) is 36.4 Å². The number of hydrogen-bond acceptors (Lipinski definition) is 2. The SMILES string of the molecule is O=C1CCN(C(=O)c2ccc(Cl)cc2Cl)c2cc3ccccc3cc21. The number of rotatable bonds is 1.